The summed E-state index contributed by atoms with van der Waals surface area (Å²) >= 11 is 0. The Balaban J connectivity index is 3.20. The minimum absolute atomic E-state index is 0.00889. The van der Waals surface area contributed by atoms with Crippen LogP contribution < -0.4 is 5.32 Å². The van der Waals surface area contributed by atoms with Crippen LogP contribution >= 0.6 is 0 Å². The zero-order chi connectivity index (χ0) is 22.6. The van der Waals surface area contributed by atoms with Crippen LogP contribution in [0.2, 0.25) is 0 Å². The van der Waals surface area contributed by atoms with Gasteiger partial charge in [-0.3, -0.25) is 4.79 Å². The van der Waals surface area contributed by atoms with E-state index in [9.17, 15) is 4.79 Å². The van der Waals surface area contributed by atoms with Gasteiger partial charge in [-0.15, -0.1) is 0 Å². The van der Waals surface area contributed by atoms with Crippen molar-refractivity contribution < 1.29 is 4.79 Å². The number of nitrogens with one attached hydrogen (secondary N) is 1. The third kappa shape index (κ3) is 5.09. The molecule has 0 radical (unpaired) electrons. The van der Waals surface area contributed by atoms with Crippen LogP contribution in [0.25, 0.3) is 0 Å². The molecule has 0 unspecified atom stereocenters. The summed E-state index contributed by atoms with van der Waals surface area (Å²) in [4.78, 5) is 14.7. The van der Waals surface area contributed by atoms with Crippen molar-refractivity contribution >= 4 is 5.91 Å². The molecule has 1 saturated carbocycles. The van der Waals surface area contributed by atoms with Crippen LogP contribution in [-0.2, 0) is 4.79 Å². The van der Waals surface area contributed by atoms with Gasteiger partial charge in [-0.2, -0.15) is 0 Å². The van der Waals surface area contributed by atoms with Crippen LogP contribution in [0.15, 0.2) is 84.4 Å². The molecular formula is C26H38N2O. The molecule has 1 rings (SSSR count). The zero-order valence-corrected chi connectivity index (χ0v) is 19.5. The largest absolute Gasteiger partial charge is 0.351 e. The van der Waals surface area contributed by atoms with Gasteiger partial charge in [-0.1, -0.05) is 65.7 Å². The van der Waals surface area contributed by atoms with Crippen molar-refractivity contribution in [1.82, 2.24) is 10.2 Å². The molecule has 0 saturated heterocycles. The highest BCUT2D eigenvalue weighted by Crippen LogP contribution is 2.68. The number of carbonyl (C=O) groups is 1. The van der Waals surface area contributed by atoms with Gasteiger partial charge in [-0.25, -0.2) is 0 Å². The standard InChI is InChI=1S/C26H38N2O/c1-12-18(5)21(17-20(13-2)22(14-3)28(11)15-4)16-19(6)27-24(29)23-25(7,8)26(23,9)10/h12-17,23H,1,4-5H2,2-3,6-11H3,(H,27,29)/b19-16+,20-13+,21-17-,22-14-. The molecule has 1 amide bonds. The van der Waals surface area contributed by atoms with Gasteiger partial charge in [0, 0.05) is 24.4 Å². The number of amides is 1. The summed E-state index contributed by atoms with van der Waals surface area (Å²) in [5, 5.41) is 3.08. The first-order chi connectivity index (χ1) is 13.4. The van der Waals surface area contributed by atoms with E-state index in [-0.39, 0.29) is 22.7 Å². The second-order valence-corrected chi connectivity index (χ2v) is 8.73. The average Bonchev–Trinajstić information content (AvgIpc) is 3.07. The molecule has 0 aromatic carbocycles. The molecule has 0 spiro atoms. The van der Waals surface area contributed by atoms with Crippen molar-refractivity contribution in [2.45, 2.75) is 48.5 Å². The zero-order valence-electron chi connectivity index (χ0n) is 19.5. The highest BCUT2D eigenvalue weighted by Gasteiger charge is 2.68. The summed E-state index contributed by atoms with van der Waals surface area (Å²) in [6, 6.07) is 0. The van der Waals surface area contributed by atoms with Crippen molar-refractivity contribution in [3.63, 3.8) is 0 Å². The summed E-state index contributed by atoms with van der Waals surface area (Å²) in [7, 11) is 1.96. The van der Waals surface area contributed by atoms with E-state index in [1.807, 2.05) is 50.9 Å². The summed E-state index contributed by atoms with van der Waals surface area (Å²) in [6.45, 7) is 26.3. The van der Waals surface area contributed by atoms with E-state index < -0.39 is 0 Å². The first kappa shape index (κ1) is 24.5. The Morgan fingerprint density at radius 2 is 1.55 bits per heavy atom. The van der Waals surface area contributed by atoms with E-state index in [0.29, 0.717) is 0 Å². The summed E-state index contributed by atoms with van der Waals surface area (Å²) in [6.07, 6.45) is 11.6. The number of hydrogen-bond acceptors (Lipinski definition) is 2. The molecule has 1 fully saturated rings. The fourth-order valence-electron chi connectivity index (χ4n) is 3.88. The minimum Gasteiger partial charge on any atom is -0.351 e. The number of rotatable bonds is 9. The van der Waals surface area contributed by atoms with Gasteiger partial charge >= 0.3 is 0 Å². The molecule has 1 aliphatic carbocycles. The average molecular weight is 395 g/mol. The topological polar surface area (TPSA) is 32.3 Å². The SMILES string of the molecule is C=CC(=C)C(=C\C(=C/C)C(=C\C)\N(C)C=C)/C=C(\C)NC(=O)C1C(C)(C)C1(C)C. The Morgan fingerprint density at radius 1 is 1.00 bits per heavy atom. The summed E-state index contributed by atoms with van der Waals surface area (Å²) in [5.41, 5.74) is 4.57. The lowest BCUT2D eigenvalue weighted by molar-refractivity contribution is -0.122. The van der Waals surface area contributed by atoms with Crippen LogP contribution in [0.3, 0.4) is 0 Å². The maximum Gasteiger partial charge on any atom is 0.228 e. The van der Waals surface area contributed by atoms with E-state index in [2.05, 4.69) is 58.8 Å². The molecule has 0 atom stereocenters. The first-order valence-corrected chi connectivity index (χ1v) is 10.1. The van der Waals surface area contributed by atoms with Gasteiger partial charge < -0.3 is 10.2 Å². The number of nitrogens with zero attached hydrogens (tertiary/aromatic N) is 1. The third-order valence-corrected chi connectivity index (χ3v) is 6.44. The molecule has 3 nitrogen and oxygen atoms in total. The summed E-state index contributed by atoms with van der Waals surface area (Å²) in [5.74, 6) is 0.0828. The van der Waals surface area contributed by atoms with Crippen LogP contribution in [0, 0.1) is 16.7 Å². The molecule has 0 aromatic heterocycles. The summed E-state index contributed by atoms with van der Waals surface area (Å²) < 4.78 is 0. The Hall–Kier alpha value is -2.55. The number of carbonyl (C=O) groups excluding carboxylic acids is 1. The fourth-order valence-corrected chi connectivity index (χ4v) is 3.88. The maximum atomic E-state index is 12.8. The lowest BCUT2D eigenvalue weighted by atomic mass is 10.0. The van der Waals surface area contributed by atoms with Crippen LogP contribution in [-0.4, -0.2) is 17.9 Å². The molecule has 29 heavy (non-hydrogen) atoms. The van der Waals surface area contributed by atoms with Crippen LogP contribution in [0.4, 0.5) is 0 Å². The highest BCUT2D eigenvalue weighted by atomic mass is 16.2. The van der Waals surface area contributed by atoms with Crippen LogP contribution in [0.5, 0.6) is 0 Å². The molecule has 1 N–H and O–H groups in total. The van der Waals surface area contributed by atoms with E-state index in [4.69, 9.17) is 0 Å². The Labute approximate surface area is 178 Å². The lowest BCUT2D eigenvalue weighted by Crippen LogP contribution is -2.25. The van der Waals surface area contributed by atoms with Gasteiger partial charge in [-0.05, 0) is 66.7 Å². The van der Waals surface area contributed by atoms with Crippen molar-refractivity contribution in [2.24, 2.45) is 16.7 Å². The molecular weight excluding hydrogens is 356 g/mol. The second kappa shape index (κ2) is 9.30. The molecule has 158 valence electrons. The van der Waals surface area contributed by atoms with E-state index in [1.165, 1.54) is 0 Å². The van der Waals surface area contributed by atoms with Gasteiger partial charge in [0.1, 0.15) is 0 Å². The highest BCUT2D eigenvalue weighted by molar-refractivity contribution is 5.85. The molecule has 3 heteroatoms. The van der Waals surface area contributed by atoms with Crippen LogP contribution in [0.1, 0.15) is 48.5 Å². The number of likely N-dealkylation sites (N-methyl/N-ethyl adjacent to an activating group) is 1. The monoisotopic (exact) mass is 394 g/mol. The Morgan fingerprint density at radius 3 is 1.93 bits per heavy atom. The second-order valence-electron chi connectivity index (χ2n) is 8.73. The smallest absolute Gasteiger partial charge is 0.228 e. The predicted octanol–water partition coefficient (Wildman–Crippen LogP) is 6.28. The van der Waals surface area contributed by atoms with Crippen molar-refractivity contribution in [3.8, 4) is 0 Å². The molecule has 0 aliphatic heterocycles. The van der Waals surface area contributed by atoms with Gasteiger partial charge in [0.2, 0.25) is 5.91 Å². The van der Waals surface area contributed by atoms with E-state index in [1.54, 1.807) is 12.3 Å². The van der Waals surface area contributed by atoms with Crippen molar-refractivity contribution in [3.05, 3.63) is 84.4 Å². The third-order valence-electron chi connectivity index (χ3n) is 6.44. The van der Waals surface area contributed by atoms with E-state index >= 15 is 0 Å². The fraction of sp³-hybridized carbons (Fsp3) is 0.423. The van der Waals surface area contributed by atoms with Crippen molar-refractivity contribution in [2.75, 3.05) is 7.05 Å². The van der Waals surface area contributed by atoms with Gasteiger partial charge in [0.15, 0.2) is 0 Å². The molecule has 0 bridgehead atoms. The Kier molecular flexibility index (Phi) is 7.85. The number of allylic oxidation sites excluding steroid dienone is 8. The van der Waals surface area contributed by atoms with Gasteiger partial charge in [0.05, 0.1) is 0 Å². The predicted molar refractivity (Wildman–Crippen MR) is 126 cm³/mol. The number of hydrogen-bond donors (Lipinski definition) is 1. The van der Waals surface area contributed by atoms with Crippen molar-refractivity contribution in [1.29, 1.82) is 0 Å². The molecule has 0 aromatic rings. The van der Waals surface area contributed by atoms with E-state index in [0.717, 1.165) is 28.1 Å². The quantitative estimate of drug-likeness (QED) is 0.467. The normalized spacial score (nSPS) is 19.4. The van der Waals surface area contributed by atoms with Gasteiger partial charge in [0.25, 0.3) is 0 Å². The molecule has 1 aliphatic rings. The molecule has 0 heterocycles. The lowest BCUT2D eigenvalue weighted by Gasteiger charge is -2.19. The Bertz CT molecular complexity index is 802. The first-order valence-electron chi connectivity index (χ1n) is 10.1. The minimum atomic E-state index is 0.00889. The maximum absolute atomic E-state index is 12.8.